The van der Waals surface area contributed by atoms with Crippen LogP contribution in [0.2, 0.25) is 0 Å². The Kier molecular flexibility index (Phi) is 2.40. The zero-order chi connectivity index (χ0) is 11.8. The molecule has 1 amide bonds. The van der Waals surface area contributed by atoms with E-state index in [1.165, 1.54) is 12.1 Å². The van der Waals surface area contributed by atoms with Crippen molar-refractivity contribution in [1.82, 2.24) is 5.32 Å². The topological polar surface area (TPSA) is 29.1 Å². The van der Waals surface area contributed by atoms with Crippen LogP contribution in [0.5, 0.6) is 0 Å². The molecule has 1 N–H and O–H groups in total. The van der Waals surface area contributed by atoms with Gasteiger partial charge in [0.25, 0.3) is 5.91 Å². The molecule has 1 fully saturated rings. The predicted molar refractivity (Wildman–Crippen MR) is 51.9 cm³/mol. The fraction of sp³-hybridized carbons (Fsp3) is 0.364. The number of halogens is 3. The number of hydrogen-bond donors (Lipinski definition) is 1. The van der Waals surface area contributed by atoms with Crippen LogP contribution in [0.1, 0.15) is 23.2 Å². The van der Waals surface area contributed by atoms with Crippen LogP contribution in [0.3, 0.4) is 0 Å². The molecule has 1 aliphatic carbocycles. The zero-order valence-corrected chi connectivity index (χ0v) is 8.34. The SMILES string of the molecule is O=C(NC1(C(F)(F)F)CC1)c1ccccc1. The molecule has 0 radical (unpaired) electrons. The summed E-state index contributed by atoms with van der Waals surface area (Å²) in [5, 5.41) is 2.06. The molecule has 1 saturated carbocycles. The number of hydrogen-bond acceptors (Lipinski definition) is 1. The molecule has 5 heteroatoms. The molecule has 0 unspecified atom stereocenters. The quantitative estimate of drug-likeness (QED) is 0.829. The van der Waals surface area contributed by atoms with E-state index in [-0.39, 0.29) is 18.4 Å². The Morgan fingerprint density at radius 1 is 1.19 bits per heavy atom. The van der Waals surface area contributed by atoms with Gasteiger partial charge in [0.1, 0.15) is 5.54 Å². The lowest BCUT2D eigenvalue weighted by molar-refractivity contribution is -0.163. The van der Waals surface area contributed by atoms with E-state index in [4.69, 9.17) is 0 Å². The van der Waals surface area contributed by atoms with Gasteiger partial charge < -0.3 is 5.32 Å². The van der Waals surface area contributed by atoms with Gasteiger partial charge in [0.05, 0.1) is 0 Å². The second-order valence-electron chi connectivity index (χ2n) is 3.90. The summed E-state index contributed by atoms with van der Waals surface area (Å²) in [6.07, 6.45) is -4.43. The fourth-order valence-corrected chi connectivity index (χ4v) is 1.48. The Morgan fingerprint density at radius 3 is 2.19 bits per heavy atom. The summed E-state index contributed by atoms with van der Waals surface area (Å²) in [6, 6.07) is 7.90. The molecule has 86 valence electrons. The van der Waals surface area contributed by atoms with Crippen LogP contribution in [0.4, 0.5) is 13.2 Å². The first-order chi connectivity index (χ1) is 7.45. The van der Waals surface area contributed by atoms with Gasteiger partial charge in [-0.05, 0) is 25.0 Å². The molecule has 2 nitrogen and oxygen atoms in total. The Bertz CT molecular complexity index is 395. The smallest absolute Gasteiger partial charge is 0.338 e. The summed E-state index contributed by atoms with van der Waals surface area (Å²) in [4.78, 5) is 11.5. The molecule has 1 aliphatic rings. The van der Waals surface area contributed by atoms with Crippen molar-refractivity contribution in [2.75, 3.05) is 0 Å². The highest BCUT2D eigenvalue weighted by atomic mass is 19.4. The molecule has 1 aromatic carbocycles. The molecule has 0 atom stereocenters. The van der Waals surface area contributed by atoms with Crippen LogP contribution >= 0.6 is 0 Å². The molecule has 0 bridgehead atoms. The summed E-state index contributed by atoms with van der Waals surface area (Å²) < 4.78 is 37.7. The maximum absolute atomic E-state index is 12.6. The van der Waals surface area contributed by atoms with Gasteiger partial charge in [-0.15, -0.1) is 0 Å². The summed E-state index contributed by atoms with van der Waals surface area (Å²) in [6.45, 7) is 0. The lowest BCUT2D eigenvalue weighted by Crippen LogP contribution is -2.47. The van der Waals surface area contributed by atoms with Crippen molar-refractivity contribution in [2.45, 2.75) is 24.6 Å². The molecular formula is C11H10F3NO. The normalized spacial score (nSPS) is 17.9. The van der Waals surface area contributed by atoms with Crippen LogP contribution in [0, 0.1) is 0 Å². The summed E-state index contributed by atoms with van der Waals surface area (Å²) >= 11 is 0. The second-order valence-corrected chi connectivity index (χ2v) is 3.90. The Balaban J connectivity index is 2.10. The van der Waals surface area contributed by atoms with Gasteiger partial charge in [-0.25, -0.2) is 0 Å². The standard InChI is InChI=1S/C11H10F3NO/c12-11(13,14)10(6-7-10)15-9(16)8-4-2-1-3-5-8/h1-5H,6-7H2,(H,15,16). The van der Waals surface area contributed by atoms with Crippen molar-refractivity contribution in [3.8, 4) is 0 Å². The molecule has 0 saturated heterocycles. The first kappa shape index (κ1) is 11.0. The van der Waals surface area contributed by atoms with Crippen LogP contribution < -0.4 is 5.32 Å². The molecule has 0 aliphatic heterocycles. The van der Waals surface area contributed by atoms with Crippen molar-refractivity contribution < 1.29 is 18.0 Å². The van der Waals surface area contributed by atoms with Crippen molar-refractivity contribution in [3.05, 3.63) is 35.9 Å². The average Bonchev–Trinajstić information content (AvgIpc) is 2.99. The van der Waals surface area contributed by atoms with Crippen molar-refractivity contribution >= 4 is 5.91 Å². The Morgan fingerprint density at radius 2 is 1.75 bits per heavy atom. The van der Waals surface area contributed by atoms with Crippen LogP contribution in [-0.4, -0.2) is 17.6 Å². The van der Waals surface area contributed by atoms with Gasteiger partial charge in [-0.1, -0.05) is 18.2 Å². The number of nitrogens with one attached hydrogen (secondary N) is 1. The molecule has 0 spiro atoms. The number of carbonyl (C=O) groups excluding carboxylic acids is 1. The third-order valence-corrected chi connectivity index (χ3v) is 2.68. The third-order valence-electron chi connectivity index (χ3n) is 2.68. The number of rotatable bonds is 2. The predicted octanol–water partition coefficient (Wildman–Crippen LogP) is 2.51. The lowest BCUT2D eigenvalue weighted by atomic mass is 10.2. The van der Waals surface area contributed by atoms with E-state index in [2.05, 4.69) is 5.32 Å². The molecule has 0 aromatic heterocycles. The fourth-order valence-electron chi connectivity index (χ4n) is 1.48. The number of amides is 1. The largest absolute Gasteiger partial charge is 0.411 e. The van der Waals surface area contributed by atoms with E-state index in [1.807, 2.05) is 0 Å². The van der Waals surface area contributed by atoms with Gasteiger partial charge in [0, 0.05) is 5.56 Å². The Labute approximate surface area is 90.5 Å². The highest BCUT2D eigenvalue weighted by Crippen LogP contribution is 2.48. The van der Waals surface area contributed by atoms with E-state index in [0.717, 1.165) is 0 Å². The van der Waals surface area contributed by atoms with Crippen molar-refractivity contribution in [1.29, 1.82) is 0 Å². The number of carbonyl (C=O) groups is 1. The maximum atomic E-state index is 12.6. The third kappa shape index (κ3) is 1.89. The van der Waals surface area contributed by atoms with Gasteiger partial charge in [0.2, 0.25) is 0 Å². The lowest BCUT2D eigenvalue weighted by Gasteiger charge is -2.20. The highest BCUT2D eigenvalue weighted by Gasteiger charge is 2.64. The van der Waals surface area contributed by atoms with E-state index in [0.29, 0.717) is 0 Å². The number of benzene rings is 1. The van der Waals surface area contributed by atoms with E-state index >= 15 is 0 Å². The van der Waals surface area contributed by atoms with Crippen molar-refractivity contribution in [2.24, 2.45) is 0 Å². The molecule has 1 aromatic rings. The highest BCUT2D eigenvalue weighted by molar-refractivity contribution is 5.94. The molecule has 0 heterocycles. The summed E-state index contributed by atoms with van der Waals surface area (Å²) in [7, 11) is 0. The van der Waals surface area contributed by atoms with Crippen LogP contribution in [0.25, 0.3) is 0 Å². The average molecular weight is 229 g/mol. The van der Waals surface area contributed by atoms with E-state index < -0.39 is 17.6 Å². The zero-order valence-electron chi connectivity index (χ0n) is 8.34. The molecular weight excluding hydrogens is 219 g/mol. The van der Waals surface area contributed by atoms with Gasteiger partial charge >= 0.3 is 6.18 Å². The van der Waals surface area contributed by atoms with Gasteiger partial charge in [-0.3, -0.25) is 4.79 Å². The minimum absolute atomic E-state index is 0.0327. The van der Waals surface area contributed by atoms with E-state index in [1.54, 1.807) is 18.2 Å². The summed E-state index contributed by atoms with van der Waals surface area (Å²) in [5.41, 5.74) is -1.74. The summed E-state index contributed by atoms with van der Waals surface area (Å²) in [5.74, 6) is -0.671. The maximum Gasteiger partial charge on any atom is 0.411 e. The monoisotopic (exact) mass is 229 g/mol. The first-order valence-electron chi connectivity index (χ1n) is 4.89. The first-order valence-corrected chi connectivity index (χ1v) is 4.89. The van der Waals surface area contributed by atoms with Crippen LogP contribution in [0.15, 0.2) is 30.3 Å². The second kappa shape index (κ2) is 3.50. The molecule has 16 heavy (non-hydrogen) atoms. The Hall–Kier alpha value is -1.52. The van der Waals surface area contributed by atoms with E-state index in [9.17, 15) is 18.0 Å². The minimum atomic E-state index is -4.36. The molecule has 2 rings (SSSR count). The van der Waals surface area contributed by atoms with Gasteiger partial charge in [-0.2, -0.15) is 13.2 Å². The number of alkyl halides is 3. The minimum Gasteiger partial charge on any atom is -0.338 e. The van der Waals surface area contributed by atoms with Crippen molar-refractivity contribution in [3.63, 3.8) is 0 Å². The van der Waals surface area contributed by atoms with Crippen LogP contribution in [-0.2, 0) is 0 Å². The van der Waals surface area contributed by atoms with Gasteiger partial charge in [0.15, 0.2) is 0 Å².